The van der Waals surface area contributed by atoms with E-state index in [0.717, 1.165) is 5.56 Å². The first-order chi connectivity index (χ1) is 12.2. The van der Waals surface area contributed by atoms with E-state index in [1.807, 2.05) is 19.1 Å². The van der Waals surface area contributed by atoms with Gasteiger partial charge in [0.05, 0.1) is 17.9 Å². The molecule has 8 heteroatoms. The van der Waals surface area contributed by atoms with Crippen LogP contribution in [0.15, 0.2) is 24.3 Å². The molecule has 0 bridgehead atoms. The third-order valence-electron chi connectivity index (χ3n) is 4.19. The van der Waals surface area contributed by atoms with Crippen molar-refractivity contribution < 1.29 is 27.5 Å². The minimum absolute atomic E-state index is 0.00288. The van der Waals surface area contributed by atoms with E-state index in [1.54, 1.807) is 12.1 Å². The number of benzene rings is 1. The fourth-order valence-corrected chi connectivity index (χ4v) is 4.31. The highest BCUT2D eigenvalue weighted by Crippen LogP contribution is 2.12. The van der Waals surface area contributed by atoms with Gasteiger partial charge in [0.1, 0.15) is 0 Å². The van der Waals surface area contributed by atoms with Gasteiger partial charge in [0, 0.05) is 18.0 Å². The van der Waals surface area contributed by atoms with Crippen LogP contribution in [0.25, 0.3) is 0 Å². The number of ketones is 1. The molecule has 2 rings (SSSR count). The van der Waals surface area contributed by atoms with Crippen LogP contribution in [0.2, 0.25) is 0 Å². The molecule has 0 saturated carbocycles. The van der Waals surface area contributed by atoms with Crippen molar-refractivity contribution in [3.05, 3.63) is 35.4 Å². The molecule has 1 aliphatic heterocycles. The smallest absolute Gasteiger partial charge is 0.307 e. The Kier molecular flexibility index (Phi) is 6.52. The molecule has 1 heterocycles. The Labute approximate surface area is 153 Å². The number of rotatable bonds is 7. The predicted molar refractivity (Wildman–Crippen MR) is 95.5 cm³/mol. The molecule has 1 N–H and O–H groups in total. The van der Waals surface area contributed by atoms with E-state index in [2.05, 4.69) is 5.32 Å². The Balaban J connectivity index is 1.75. The normalized spacial score (nSPS) is 19.5. The van der Waals surface area contributed by atoms with E-state index in [0.29, 0.717) is 12.0 Å². The number of amides is 1. The minimum Gasteiger partial charge on any atom is -0.453 e. The number of aryl methyl sites for hydroxylation is 1. The van der Waals surface area contributed by atoms with E-state index in [1.165, 1.54) is 6.92 Å². The largest absolute Gasteiger partial charge is 0.453 e. The van der Waals surface area contributed by atoms with Crippen LogP contribution in [-0.2, 0) is 24.2 Å². The highest BCUT2D eigenvalue weighted by molar-refractivity contribution is 7.91. The van der Waals surface area contributed by atoms with Crippen molar-refractivity contribution in [2.24, 2.45) is 0 Å². The first-order valence-electron chi connectivity index (χ1n) is 8.46. The molecule has 0 spiro atoms. The lowest BCUT2D eigenvalue weighted by molar-refractivity contribution is -0.154. The van der Waals surface area contributed by atoms with Gasteiger partial charge < -0.3 is 10.1 Å². The van der Waals surface area contributed by atoms with Crippen molar-refractivity contribution in [3.8, 4) is 0 Å². The van der Waals surface area contributed by atoms with Crippen molar-refractivity contribution in [1.82, 2.24) is 5.32 Å². The molecule has 1 aromatic rings. The monoisotopic (exact) mass is 381 g/mol. The Hall–Kier alpha value is -2.22. The first kappa shape index (κ1) is 20.1. The second kappa shape index (κ2) is 8.44. The van der Waals surface area contributed by atoms with Crippen LogP contribution >= 0.6 is 0 Å². The molecule has 1 aromatic carbocycles. The SMILES string of the molecule is Cc1ccc(C(=O)CCC(=O)O[C@@H](C)C(=O)N[C@@H]2CCS(=O)(=O)C2)cc1. The number of hydrogen-bond acceptors (Lipinski definition) is 6. The number of carbonyl (C=O) groups excluding carboxylic acids is 3. The van der Waals surface area contributed by atoms with Gasteiger partial charge in [0.15, 0.2) is 21.7 Å². The lowest BCUT2D eigenvalue weighted by atomic mass is 10.1. The fraction of sp³-hybridized carbons (Fsp3) is 0.500. The Morgan fingerprint density at radius 2 is 1.85 bits per heavy atom. The topological polar surface area (TPSA) is 107 Å². The van der Waals surface area contributed by atoms with Crippen molar-refractivity contribution in [1.29, 1.82) is 0 Å². The Morgan fingerprint density at radius 1 is 1.19 bits per heavy atom. The van der Waals surface area contributed by atoms with Crippen molar-refractivity contribution in [2.75, 3.05) is 11.5 Å². The summed E-state index contributed by atoms with van der Waals surface area (Å²) in [7, 11) is -3.10. The summed E-state index contributed by atoms with van der Waals surface area (Å²) < 4.78 is 27.8. The van der Waals surface area contributed by atoms with E-state index < -0.39 is 33.9 Å². The van der Waals surface area contributed by atoms with Gasteiger partial charge in [-0.05, 0) is 20.3 Å². The van der Waals surface area contributed by atoms with Gasteiger partial charge in [-0.15, -0.1) is 0 Å². The maximum Gasteiger partial charge on any atom is 0.307 e. The minimum atomic E-state index is -3.10. The zero-order valence-corrected chi connectivity index (χ0v) is 15.7. The predicted octanol–water partition coefficient (Wildman–Crippen LogP) is 1.19. The summed E-state index contributed by atoms with van der Waals surface area (Å²) in [4.78, 5) is 35.9. The number of ether oxygens (including phenoxy) is 1. The van der Waals surface area contributed by atoms with E-state index in [9.17, 15) is 22.8 Å². The lowest BCUT2D eigenvalue weighted by Gasteiger charge is -2.16. The summed E-state index contributed by atoms with van der Waals surface area (Å²) in [5, 5.41) is 2.57. The second-order valence-corrected chi connectivity index (χ2v) is 8.76. The number of esters is 1. The van der Waals surface area contributed by atoms with Gasteiger partial charge in [0.2, 0.25) is 0 Å². The zero-order valence-electron chi connectivity index (χ0n) is 14.9. The molecule has 0 aromatic heterocycles. The molecule has 7 nitrogen and oxygen atoms in total. The molecule has 1 fully saturated rings. The van der Waals surface area contributed by atoms with Crippen molar-refractivity contribution in [2.45, 2.75) is 45.3 Å². The third kappa shape index (κ3) is 5.94. The summed E-state index contributed by atoms with van der Waals surface area (Å²) >= 11 is 0. The fourth-order valence-electron chi connectivity index (χ4n) is 2.64. The molecule has 2 atom stereocenters. The summed E-state index contributed by atoms with van der Waals surface area (Å²) in [6.07, 6.45) is -0.806. The summed E-state index contributed by atoms with van der Waals surface area (Å²) in [6, 6.07) is 6.60. The number of nitrogens with one attached hydrogen (secondary N) is 1. The van der Waals surface area contributed by atoms with Crippen LogP contribution in [0.5, 0.6) is 0 Å². The average molecular weight is 381 g/mol. The number of hydrogen-bond donors (Lipinski definition) is 1. The maximum absolute atomic E-state index is 12.0. The number of Topliss-reactive ketones (excluding diaryl/α,β-unsaturated/α-hetero) is 1. The van der Waals surface area contributed by atoms with Crippen LogP contribution in [0, 0.1) is 6.92 Å². The van der Waals surface area contributed by atoms with Gasteiger partial charge in [0.25, 0.3) is 5.91 Å². The molecule has 1 amide bonds. The summed E-state index contributed by atoms with van der Waals surface area (Å²) in [5.41, 5.74) is 1.56. The quantitative estimate of drug-likeness (QED) is 0.562. The van der Waals surface area contributed by atoms with Crippen molar-refractivity contribution in [3.63, 3.8) is 0 Å². The molecular formula is C18H23NO6S. The molecular weight excluding hydrogens is 358 g/mol. The number of sulfone groups is 1. The lowest BCUT2D eigenvalue weighted by Crippen LogP contribution is -2.42. The van der Waals surface area contributed by atoms with E-state index in [-0.39, 0.29) is 30.1 Å². The summed E-state index contributed by atoms with van der Waals surface area (Å²) in [6.45, 7) is 3.33. The Bertz CT molecular complexity index is 784. The van der Waals surface area contributed by atoms with E-state index in [4.69, 9.17) is 4.74 Å². The highest BCUT2D eigenvalue weighted by atomic mass is 32.2. The molecule has 1 aliphatic rings. The van der Waals surface area contributed by atoms with Crippen LogP contribution < -0.4 is 5.32 Å². The van der Waals surface area contributed by atoms with Crippen LogP contribution in [0.3, 0.4) is 0 Å². The summed E-state index contributed by atoms with van der Waals surface area (Å²) in [5.74, 6) is -1.40. The molecule has 0 unspecified atom stereocenters. The van der Waals surface area contributed by atoms with Gasteiger partial charge >= 0.3 is 5.97 Å². The molecule has 1 saturated heterocycles. The molecule has 26 heavy (non-hydrogen) atoms. The van der Waals surface area contributed by atoms with Crippen LogP contribution in [-0.4, -0.2) is 49.7 Å². The number of carbonyl (C=O) groups is 3. The standard InChI is InChI=1S/C18H23NO6S/c1-12-3-5-14(6-4-12)16(20)7-8-17(21)25-13(2)18(22)19-15-9-10-26(23,24)11-15/h3-6,13,15H,7-11H2,1-2H3,(H,19,22)/t13-,15+/m0/s1. The van der Waals surface area contributed by atoms with Crippen molar-refractivity contribution >= 4 is 27.5 Å². The zero-order chi connectivity index (χ0) is 19.3. The van der Waals surface area contributed by atoms with Gasteiger partial charge in [-0.25, -0.2) is 8.42 Å². The Morgan fingerprint density at radius 3 is 2.42 bits per heavy atom. The molecule has 0 radical (unpaired) electrons. The third-order valence-corrected chi connectivity index (χ3v) is 5.95. The molecule has 0 aliphatic carbocycles. The van der Waals surface area contributed by atoms with Gasteiger partial charge in [-0.2, -0.15) is 0 Å². The van der Waals surface area contributed by atoms with Gasteiger partial charge in [-0.1, -0.05) is 29.8 Å². The highest BCUT2D eigenvalue weighted by Gasteiger charge is 2.30. The van der Waals surface area contributed by atoms with Crippen LogP contribution in [0.4, 0.5) is 0 Å². The second-order valence-electron chi connectivity index (χ2n) is 6.53. The maximum atomic E-state index is 12.0. The van der Waals surface area contributed by atoms with E-state index >= 15 is 0 Å². The molecule has 142 valence electrons. The van der Waals surface area contributed by atoms with Crippen LogP contribution in [0.1, 0.15) is 42.1 Å². The van der Waals surface area contributed by atoms with Gasteiger partial charge in [-0.3, -0.25) is 14.4 Å². The average Bonchev–Trinajstić information content (AvgIpc) is 2.91. The first-order valence-corrected chi connectivity index (χ1v) is 10.3.